The molecule has 3 rings (SSSR count). The van der Waals surface area contributed by atoms with E-state index in [1.807, 2.05) is 26.1 Å². The zero-order valence-corrected chi connectivity index (χ0v) is 9.92. The first kappa shape index (κ1) is 9.95. The summed E-state index contributed by atoms with van der Waals surface area (Å²) < 4.78 is 2.06. The lowest BCUT2D eigenvalue weighted by atomic mass is 10.3. The summed E-state index contributed by atoms with van der Waals surface area (Å²) >= 11 is 0. The lowest BCUT2D eigenvalue weighted by Gasteiger charge is -1.99. The average Bonchev–Trinajstić information content (AvgIpc) is 2.85. The van der Waals surface area contributed by atoms with Gasteiger partial charge in [0.1, 0.15) is 0 Å². The van der Waals surface area contributed by atoms with Gasteiger partial charge in [-0.25, -0.2) is 4.98 Å². The largest absolute Gasteiger partial charge is 0.349 e. The second kappa shape index (κ2) is 3.38. The van der Waals surface area contributed by atoms with Gasteiger partial charge in [-0.05, 0) is 36.8 Å². The van der Waals surface area contributed by atoms with E-state index in [0.29, 0.717) is 11.6 Å². The predicted octanol–water partition coefficient (Wildman–Crippen LogP) is 1.17. The van der Waals surface area contributed by atoms with Crippen molar-refractivity contribution in [3.8, 4) is 5.82 Å². The molecule has 0 amide bonds. The first-order valence-corrected chi connectivity index (χ1v) is 5.35. The highest BCUT2D eigenvalue weighted by Gasteiger charge is 2.08. The van der Waals surface area contributed by atoms with Gasteiger partial charge in [-0.15, -0.1) is 15.0 Å². The second-order valence-electron chi connectivity index (χ2n) is 4.09. The van der Waals surface area contributed by atoms with E-state index in [-0.39, 0.29) is 0 Å². The molecule has 0 aromatic carbocycles. The van der Waals surface area contributed by atoms with Gasteiger partial charge in [0.05, 0.1) is 11.0 Å². The SMILES string of the molecule is Cc1nnn(-c2ccc3c(n2)c(C)cn3C)n1. The topological polar surface area (TPSA) is 61.4 Å². The highest BCUT2D eigenvalue weighted by molar-refractivity contribution is 5.80. The van der Waals surface area contributed by atoms with Crippen LogP contribution in [-0.4, -0.2) is 29.8 Å². The van der Waals surface area contributed by atoms with Crippen LogP contribution in [-0.2, 0) is 7.05 Å². The van der Waals surface area contributed by atoms with Crippen LogP contribution in [0.2, 0.25) is 0 Å². The zero-order chi connectivity index (χ0) is 12.0. The first-order chi connectivity index (χ1) is 8.15. The lowest BCUT2D eigenvalue weighted by Crippen LogP contribution is -2.02. The summed E-state index contributed by atoms with van der Waals surface area (Å²) in [6, 6.07) is 3.91. The van der Waals surface area contributed by atoms with Gasteiger partial charge in [-0.1, -0.05) is 0 Å². The van der Waals surface area contributed by atoms with Gasteiger partial charge < -0.3 is 4.57 Å². The van der Waals surface area contributed by atoms with Crippen molar-refractivity contribution in [1.29, 1.82) is 0 Å². The smallest absolute Gasteiger partial charge is 0.176 e. The maximum absolute atomic E-state index is 4.56. The second-order valence-corrected chi connectivity index (χ2v) is 4.09. The van der Waals surface area contributed by atoms with E-state index in [4.69, 9.17) is 0 Å². The van der Waals surface area contributed by atoms with Crippen LogP contribution in [0.3, 0.4) is 0 Å². The van der Waals surface area contributed by atoms with Crippen LogP contribution in [0.15, 0.2) is 18.3 Å². The highest BCUT2D eigenvalue weighted by Crippen LogP contribution is 2.18. The van der Waals surface area contributed by atoms with Crippen molar-refractivity contribution in [3.63, 3.8) is 0 Å². The van der Waals surface area contributed by atoms with Crippen LogP contribution < -0.4 is 0 Å². The maximum Gasteiger partial charge on any atom is 0.176 e. The summed E-state index contributed by atoms with van der Waals surface area (Å²) in [6.07, 6.45) is 2.06. The Labute approximate surface area is 97.9 Å². The number of pyridine rings is 1. The number of aromatic nitrogens is 6. The molecule has 0 saturated heterocycles. The quantitative estimate of drug-likeness (QED) is 0.627. The Morgan fingerprint density at radius 1 is 1.18 bits per heavy atom. The van der Waals surface area contributed by atoms with Crippen molar-refractivity contribution in [2.45, 2.75) is 13.8 Å². The minimum Gasteiger partial charge on any atom is -0.349 e. The Balaban J connectivity index is 2.22. The molecule has 0 fully saturated rings. The molecule has 86 valence electrons. The third-order valence-corrected chi connectivity index (χ3v) is 2.72. The molecular weight excluding hydrogens is 216 g/mol. The fourth-order valence-corrected chi connectivity index (χ4v) is 1.93. The molecule has 6 heteroatoms. The number of hydrogen-bond donors (Lipinski definition) is 0. The minimum atomic E-state index is 0.636. The van der Waals surface area contributed by atoms with Crippen LogP contribution >= 0.6 is 0 Å². The molecule has 0 aliphatic rings. The van der Waals surface area contributed by atoms with Gasteiger partial charge in [0.2, 0.25) is 0 Å². The number of nitrogens with zero attached hydrogens (tertiary/aromatic N) is 6. The summed E-state index contributed by atoms with van der Waals surface area (Å²) in [6.45, 7) is 3.84. The summed E-state index contributed by atoms with van der Waals surface area (Å²) in [7, 11) is 2.01. The van der Waals surface area contributed by atoms with Crippen LogP contribution in [0.5, 0.6) is 0 Å². The fourth-order valence-electron chi connectivity index (χ4n) is 1.93. The van der Waals surface area contributed by atoms with Gasteiger partial charge >= 0.3 is 0 Å². The first-order valence-electron chi connectivity index (χ1n) is 5.35. The van der Waals surface area contributed by atoms with Crippen molar-refractivity contribution in [1.82, 2.24) is 29.8 Å². The van der Waals surface area contributed by atoms with Gasteiger partial charge in [0.15, 0.2) is 11.6 Å². The molecule has 0 radical (unpaired) electrons. The van der Waals surface area contributed by atoms with E-state index < -0.39 is 0 Å². The lowest BCUT2D eigenvalue weighted by molar-refractivity contribution is 0.702. The van der Waals surface area contributed by atoms with Gasteiger partial charge in [-0.2, -0.15) is 0 Å². The average molecular weight is 228 g/mol. The van der Waals surface area contributed by atoms with E-state index in [0.717, 1.165) is 16.6 Å². The van der Waals surface area contributed by atoms with Crippen LogP contribution in [0.4, 0.5) is 0 Å². The molecule has 0 aliphatic carbocycles. The molecule has 0 atom stereocenters. The summed E-state index contributed by atoms with van der Waals surface area (Å²) in [5.74, 6) is 1.32. The zero-order valence-electron chi connectivity index (χ0n) is 9.92. The van der Waals surface area contributed by atoms with Crippen LogP contribution in [0, 0.1) is 13.8 Å². The molecule has 3 heterocycles. The minimum absolute atomic E-state index is 0.636. The molecule has 0 saturated carbocycles. The van der Waals surface area contributed by atoms with Crippen LogP contribution in [0.25, 0.3) is 16.9 Å². The Morgan fingerprint density at radius 3 is 2.71 bits per heavy atom. The maximum atomic E-state index is 4.56. The number of fused-ring (bicyclic) bond motifs is 1. The van der Waals surface area contributed by atoms with Crippen molar-refractivity contribution < 1.29 is 0 Å². The number of aryl methyl sites for hydroxylation is 3. The fraction of sp³-hybridized carbons (Fsp3) is 0.273. The van der Waals surface area contributed by atoms with Crippen LogP contribution in [0.1, 0.15) is 11.4 Å². The van der Waals surface area contributed by atoms with E-state index in [2.05, 4.69) is 31.2 Å². The predicted molar refractivity (Wildman–Crippen MR) is 62.9 cm³/mol. The molecule has 0 aliphatic heterocycles. The standard InChI is InChI=1S/C11H12N6/c1-7-6-16(3)9-4-5-10(12-11(7)9)17-14-8(2)13-15-17/h4-6H,1-3H3. The Hall–Kier alpha value is -2.24. The highest BCUT2D eigenvalue weighted by atomic mass is 15.6. The van der Waals surface area contributed by atoms with E-state index in [1.54, 1.807) is 6.92 Å². The van der Waals surface area contributed by atoms with E-state index in [9.17, 15) is 0 Å². The summed E-state index contributed by atoms with van der Waals surface area (Å²) in [5, 5.41) is 11.9. The molecule has 0 N–H and O–H groups in total. The van der Waals surface area contributed by atoms with Crippen molar-refractivity contribution in [3.05, 3.63) is 29.7 Å². The Bertz CT molecular complexity index is 693. The Morgan fingerprint density at radius 2 is 2.00 bits per heavy atom. The molecular formula is C11H12N6. The van der Waals surface area contributed by atoms with Crippen molar-refractivity contribution >= 4 is 11.0 Å². The van der Waals surface area contributed by atoms with E-state index >= 15 is 0 Å². The molecule has 3 aromatic rings. The van der Waals surface area contributed by atoms with Crippen molar-refractivity contribution in [2.75, 3.05) is 0 Å². The van der Waals surface area contributed by atoms with Crippen molar-refractivity contribution in [2.24, 2.45) is 7.05 Å². The monoisotopic (exact) mass is 228 g/mol. The normalized spacial score (nSPS) is 11.2. The third kappa shape index (κ3) is 1.49. The summed E-state index contributed by atoms with van der Waals surface area (Å²) in [4.78, 5) is 6.00. The molecule has 0 spiro atoms. The van der Waals surface area contributed by atoms with Gasteiger partial charge in [0, 0.05) is 13.2 Å². The number of rotatable bonds is 1. The Kier molecular flexibility index (Phi) is 1.98. The molecule has 0 unspecified atom stereocenters. The van der Waals surface area contributed by atoms with Gasteiger partial charge in [0.25, 0.3) is 0 Å². The van der Waals surface area contributed by atoms with Gasteiger partial charge in [-0.3, -0.25) is 0 Å². The molecule has 0 bridgehead atoms. The summed E-state index contributed by atoms with van der Waals surface area (Å²) in [5.41, 5.74) is 3.21. The van der Waals surface area contributed by atoms with E-state index in [1.165, 1.54) is 4.80 Å². The molecule has 3 aromatic heterocycles. The number of hydrogen-bond acceptors (Lipinski definition) is 4. The number of tetrazole rings is 1. The molecule has 6 nitrogen and oxygen atoms in total. The third-order valence-electron chi connectivity index (χ3n) is 2.72. The molecule has 17 heavy (non-hydrogen) atoms.